The lowest BCUT2D eigenvalue weighted by Gasteiger charge is -2.36. The Morgan fingerprint density at radius 2 is 1.89 bits per heavy atom. The van der Waals surface area contributed by atoms with Gasteiger partial charge in [-0.25, -0.2) is 4.98 Å². The predicted octanol–water partition coefficient (Wildman–Crippen LogP) is 1.66. The van der Waals surface area contributed by atoms with Crippen LogP contribution in [0.3, 0.4) is 0 Å². The van der Waals surface area contributed by atoms with E-state index in [1.807, 2.05) is 19.1 Å². The van der Waals surface area contributed by atoms with Gasteiger partial charge in [0, 0.05) is 38.4 Å². The number of pyridine rings is 1. The molecule has 1 aliphatic heterocycles. The third-order valence-corrected chi connectivity index (χ3v) is 3.67. The molecule has 1 aromatic rings. The molecule has 1 N–H and O–H groups in total. The molecule has 1 fully saturated rings. The molecule has 4 heteroatoms. The maximum absolute atomic E-state index is 9.18. The second-order valence-corrected chi connectivity index (χ2v) is 5.75. The average Bonchev–Trinajstić information content (AvgIpc) is 2.39. The molecule has 2 heterocycles. The Labute approximate surface area is 116 Å². The van der Waals surface area contributed by atoms with Crippen LogP contribution < -0.4 is 4.90 Å². The van der Waals surface area contributed by atoms with Crippen LogP contribution in [0.5, 0.6) is 0 Å². The molecule has 4 nitrogen and oxygen atoms in total. The summed E-state index contributed by atoms with van der Waals surface area (Å²) in [7, 11) is 0. The van der Waals surface area contributed by atoms with Crippen LogP contribution in [0.25, 0.3) is 0 Å². The zero-order chi connectivity index (χ0) is 13.8. The predicted molar refractivity (Wildman–Crippen MR) is 78.4 cm³/mol. The van der Waals surface area contributed by atoms with Crippen molar-refractivity contribution in [2.75, 3.05) is 37.6 Å². The summed E-state index contributed by atoms with van der Waals surface area (Å²) in [6.45, 7) is 12.1. The highest BCUT2D eigenvalue weighted by Crippen LogP contribution is 2.17. The molecule has 0 unspecified atom stereocenters. The van der Waals surface area contributed by atoms with E-state index in [1.165, 1.54) is 6.54 Å². The Morgan fingerprint density at radius 3 is 2.42 bits per heavy atom. The van der Waals surface area contributed by atoms with Crippen molar-refractivity contribution >= 4 is 5.82 Å². The number of anilines is 1. The third-order valence-electron chi connectivity index (χ3n) is 3.67. The van der Waals surface area contributed by atoms with Gasteiger partial charge in [0.25, 0.3) is 0 Å². The molecule has 0 saturated carbocycles. The van der Waals surface area contributed by atoms with E-state index in [4.69, 9.17) is 0 Å². The molecule has 19 heavy (non-hydrogen) atoms. The van der Waals surface area contributed by atoms with Crippen LogP contribution in [0.2, 0.25) is 0 Å². The summed E-state index contributed by atoms with van der Waals surface area (Å²) in [6.07, 6.45) is 0. The zero-order valence-corrected chi connectivity index (χ0v) is 12.3. The number of hydrogen-bond donors (Lipinski definition) is 1. The molecular formula is C15H25N3O. The van der Waals surface area contributed by atoms with Crippen LogP contribution in [0.1, 0.15) is 25.1 Å². The maximum Gasteiger partial charge on any atom is 0.128 e. The van der Waals surface area contributed by atoms with Gasteiger partial charge in [-0.1, -0.05) is 19.9 Å². The van der Waals surface area contributed by atoms with Gasteiger partial charge in [0.1, 0.15) is 5.82 Å². The van der Waals surface area contributed by atoms with E-state index in [9.17, 15) is 5.11 Å². The van der Waals surface area contributed by atoms with Gasteiger partial charge in [0.15, 0.2) is 0 Å². The number of aromatic nitrogens is 1. The van der Waals surface area contributed by atoms with Crippen LogP contribution in [-0.4, -0.2) is 47.7 Å². The first-order valence-corrected chi connectivity index (χ1v) is 7.15. The molecule has 106 valence electrons. The Morgan fingerprint density at radius 1 is 1.21 bits per heavy atom. The van der Waals surface area contributed by atoms with Crippen molar-refractivity contribution in [1.29, 1.82) is 0 Å². The van der Waals surface area contributed by atoms with E-state index in [-0.39, 0.29) is 6.61 Å². The van der Waals surface area contributed by atoms with Crippen molar-refractivity contribution in [1.82, 2.24) is 9.88 Å². The molecule has 1 aliphatic rings. The Hall–Kier alpha value is -1.13. The van der Waals surface area contributed by atoms with Crippen molar-refractivity contribution in [2.24, 2.45) is 5.92 Å². The molecule has 0 aliphatic carbocycles. The lowest BCUT2D eigenvalue weighted by atomic mass is 10.2. The van der Waals surface area contributed by atoms with Gasteiger partial charge in [-0.15, -0.1) is 0 Å². The standard InChI is InChI=1S/C15H25N3O/c1-12(2)10-17-6-8-18(9-7-17)15-5-4-14(11-19)13(3)16-15/h4-5,12,19H,6-11H2,1-3H3. The summed E-state index contributed by atoms with van der Waals surface area (Å²) in [5, 5.41) is 9.18. The molecule has 1 saturated heterocycles. The third kappa shape index (κ3) is 3.67. The van der Waals surface area contributed by atoms with Gasteiger partial charge >= 0.3 is 0 Å². The first-order valence-electron chi connectivity index (χ1n) is 7.15. The first-order chi connectivity index (χ1) is 9.10. The van der Waals surface area contributed by atoms with Crippen molar-refractivity contribution in [3.05, 3.63) is 23.4 Å². The van der Waals surface area contributed by atoms with E-state index >= 15 is 0 Å². The summed E-state index contributed by atoms with van der Waals surface area (Å²) in [4.78, 5) is 9.46. The van der Waals surface area contributed by atoms with Crippen molar-refractivity contribution in [2.45, 2.75) is 27.4 Å². The molecule has 2 rings (SSSR count). The quantitative estimate of drug-likeness (QED) is 0.897. The Kier molecular flexibility index (Phi) is 4.77. The van der Waals surface area contributed by atoms with Crippen LogP contribution in [0.15, 0.2) is 12.1 Å². The molecule has 0 spiro atoms. The summed E-state index contributed by atoms with van der Waals surface area (Å²) in [5.41, 5.74) is 1.85. The van der Waals surface area contributed by atoms with Gasteiger partial charge in [-0.3, -0.25) is 4.90 Å². The van der Waals surface area contributed by atoms with Crippen molar-refractivity contribution in [3.8, 4) is 0 Å². The molecular weight excluding hydrogens is 238 g/mol. The van der Waals surface area contributed by atoms with Crippen LogP contribution >= 0.6 is 0 Å². The normalized spacial score (nSPS) is 17.2. The fraction of sp³-hybridized carbons (Fsp3) is 0.667. The fourth-order valence-electron chi connectivity index (χ4n) is 2.60. The number of piperazine rings is 1. The number of rotatable bonds is 4. The van der Waals surface area contributed by atoms with Gasteiger partial charge < -0.3 is 10.0 Å². The highest BCUT2D eigenvalue weighted by Gasteiger charge is 2.18. The highest BCUT2D eigenvalue weighted by molar-refractivity contribution is 5.42. The SMILES string of the molecule is Cc1nc(N2CCN(CC(C)C)CC2)ccc1CO. The largest absolute Gasteiger partial charge is 0.392 e. The Bertz CT molecular complexity index is 412. The van der Waals surface area contributed by atoms with E-state index in [0.29, 0.717) is 0 Å². The van der Waals surface area contributed by atoms with E-state index < -0.39 is 0 Å². The smallest absolute Gasteiger partial charge is 0.128 e. The minimum absolute atomic E-state index is 0.0707. The van der Waals surface area contributed by atoms with Crippen LogP contribution in [0.4, 0.5) is 5.82 Å². The molecule has 0 aromatic carbocycles. The lowest BCUT2D eigenvalue weighted by molar-refractivity contribution is 0.231. The average molecular weight is 263 g/mol. The number of aryl methyl sites for hydroxylation is 1. The zero-order valence-electron chi connectivity index (χ0n) is 12.3. The van der Waals surface area contributed by atoms with Crippen LogP contribution in [0, 0.1) is 12.8 Å². The summed E-state index contributed by atoms with van der Waals surface area (Å²) < 4.78 is 0. The van der Waals surface area contributed by atoms with Crippen molar-refractivity contribution < 1.29 is 5.11 Å². The highest BCUT2D eigenvalue weighted by atomic mass is 16.3. The van der Waals surface area contributed by atoms with Gasteiger partial charge in [0.2, 0.25) is 0 Å². The minimum atomic E-state index is 0.0707. The second kappa shape index (κ2) is 6.35. The van der Waals surface area contributed by atoms with Gasteiger partial charge in [-0.05, 0) is 24.5 Å². The van der Waals surface area contributed by atoms with Crippen molar-refractivity contribution in [3.63, 3.8) is 0 Å². The topological polar surface area (TPSA) is 39.6 Å². The molecule has 0 radical (unpaired) electrons. The summed E-state index contributed by atoms with van der Waals surface area (Å²) in [6, 6.07) is 4.01. The number of nitrogens with zero attached hydrogens (tertiary/aromatic N) is 3. The summed E-state index contributed by atoms with van der Waals surface area (Å²) >= 11 is 0. The van der Waals surface area contributed by atoms with E-state index in [1.54, 1.807) is 0 Å². The van der Waals surface area contributed by atoms with Crippen LogP contribution in [-0.2, 0) is 6.61 Å². The second-order valence-electron chi connectivity index (χ2n) is 5.75. The number of aliphatic hydroxyl groups excluding tert-OH is 1. The monoisotopic (exact) mass is 263 g/mol. The molecule has 0 bridgehead atoms. The molecule has 0 atom stereocenters. The number of hydrogen-bond acceptors (Lipinski definition) is 4. The maximum atomic E-state index is 9.18. The molecule has 0 amide bonds. The fourth-order valence-corrected chi connectivity index (χ4v) is 2.60. The Balaban J connectivity index is 1.96. The lowest BCUT2D eigenvalue weighted by Crippen LogP contribution is -2.47. The van der Waals surface area contributed by atoms with E-state index in [0.717, 1.165) is 49.2 Å². The van der Waals surface area contributed by atoms with E-state index in [2.05, 4.69) is 28.6 Å². The molecule has 1 aromatic heterocycles. The minimum Gasteiger partial charge on any atom is -0.392 e. The van der Waals surface area contributed by atoms with Gasteiger partial charge in [-0.2, -0.15) is 0 Å². The number of aliphatic hydroxyl groups is 1. The summed E-state index contributed by atoms with van der Waals surface area (Å²) in [5.74, 6) is 1.77. The van der Waals surface area contributed by atoms with Gasteiger partial charge in [0.05, 0.1) is 6.61 Å². The first kappa shape index (κ1) is 14.3.